The van der Waals surface area contributed by atoms with Crippen LogP contribution in [0.2, 0.25) is 5.02 Å². The van der Waals surface area contributed by atoms with Crippen LogP contribution in [0, 0.1) is 5.92 Å². The molecule has 0 bridgehead atoms. The summed E-state index contributed by atoms with van der Waals surface area (Å²) in [6.07, 6.45) is 8.52. The van der Waals surface area contributed by atoms with Gasteiger partial charge in [-0.05, 0) is 79.1 Å². The number of hydrogen-bond acceptors (Lipinski definition) is 5. The summed E-state index contributed by atoms with van der Waals surface area (Å²) in [4.78, 5) is 16.4. The van der Waals surface area contributed by atoms with Gasteiger partial charge in [-0.1, -0.05) is 35.9 Å². The maximum atomic E-state index is 11.6. The van der Waals surface area contributed by atoms with Crippen LogP contribution in [-0.4, -0.2) is 36.0 Å². The molecule has 6 heteroatoms. The summed E-state index contributed by atoms with van der Waals surface area (Å²) in [6, 6.07) is 13.4. The minimum Gasteiger partial charge on any atom is -0.482 e. The van der Waals surface area contributed by atoms with Crippen LogP contribution in [0.15, 0.2) is 59.6 Å². The van der Waals surface area contributed by atoms with E-state index in [1.54, 1.807) is 13.0 Å². The summed E-state index contributed by atoms with van der Waals surface area (Å²) in [5.74, 6) is 0.539. The number of carbonyl (C=O) groups excluding carboxylic acids is 1. The molecule has 0 saturated carbocycles. The Morgan fingerprint density at radius 1 is 1.28 bits per heavy atom. The maximum absolute atomic E-state index is 11.6. The van der Waals surface area contributed by atoms with Crippen LogP contribution in [0.25, 0.3) is 0 Å². The number of hydrogen-bond donors (Lipinski definition) is 1. The van der Waals surface area contributed by atoms with Crippen molar-refractivity contribution in [2.24, 2.45) is 10.9 Å². The number of nitrogens with zero attached hydrogens (tertiary/aromatic N) is 1. The first-order chi connectivity index (χ1) is 15.5. The van der Waals surface area contributed by atoms with E-state index in [1.807, 2.05) is 42.6 Å². The Kier molecular flexibility index (Phi) is 6.97. The fourth-order valence-corrected chi connectivity index (χ4v) is 4.90. The van der Waals surface area contributed by atoms with Gasteiger partial charge in [0, 0.05) is 17.7 Å². The van der Waals surface area contributed by atoms with E-state index in [1.165, 1.54) is 11.1 Å². The van der Waals surface area contributed by atoms with Crippen LogP contribution in [0.3, 0.4) is 0 Å². The molecular formula is C26H28ClNO4. The zero-order valence-electron chi connectivity index (χ0n) is 18.2. The summed E-state index contributed by atoms with van der Waals surface area (Å²) in [6.45, 7) is 2.01. The lowest BCUT2D eigenvalue weighted by Crippen LogP contribution is -2.38. The van der Waals surface area contributed by atoms with E-state index >= 15 is 0 Å². The molecule has 3 atom stereocenters. The second-order valence-electron chi connectivity index (χ2n) is 8.37. The van der Waals surface area contributed by atoms with Crippen LogP contribution < -0.4 is 4.74 Å². The van der Waals surface area contributed by atoms with Crippen molar-refractivity contribution in [1.82, 2.24) is 0 Å². The number of carbonyl (C=O) groups is 1. The summed E-state index contributed by atoms with van der Waals surface area (Å²) < 4.78 is 10.6. The number of aliphatic imine (C=N–C) groups is 1. The van der Waals surface area contributed by atoms with Crippen molar-refractivity contribution >= 4 is 23.8 Å². The number of benzene rings is 2. The largest absolute Gasteiger partial charge is 0.482 e. The molecule has 0 radical (unpaired) electrons. The molecule has 168 valence electrons. The molecule has 1 aliphatic heterocycles. The first-order valence-corrected chi connectivity index (χ1v) is 11.4. The maximum Gasteiger partial charge on any atom is 0.344 e. The molecule has 0 amide bonds. The van der Waals surface area contributed by atoms with Crippen molar-refractivity contribution in [2.45, 2.75) is 44.2 Å². The normalized spacial score (nSPS) is 22.4. The molecule has 5 nitrogen and oxygen atoms in total. The van der Waals surface area contributed by atoms with Crippen LogP contribution in [-0.2, 0) is 22.4 Å². The van der Waals surface area contributed by atoms with E-state index in [0.29, 0.717) is 23.8 Å². The second-order valence-corrected chi connectivity index (χ2v) is 8.80. The lowest BCUT2D eigenvalue weighted by molar-refractivity contribution is -0.145. The molecule has 1 aliphatic carbocycles. The standard InChI is InChI=1S/C26H28ClNO4/c1-2-31-25(30)17-32-23-10-8-18-7-9-21(13-20(18)15-23)26(11-4-12-28-26)16-24(29)19-5-3-6-22(27)14-19/h3-6,8,10-12,14-15,21,24,29H,2,7,9,13,16-17H2,1H3. The number of rotatable bonds is 8. The Balaban J connectivity index is 1.50. The summed E-state index contributed by atoms with van der Waals surface area (Å²) >= 11 is 6.13. The van der Waals surface area contributed by atoms with Gasteiger partial charge in [0.05, 0.1) is 18.2 Å². The topological polar surface area (TPSA) is 68.1 Å². The van der Waals surface area contributed by atoms with Crippen LogP contribution in [0.1, 0.15) is 42.6 Å². The Hall–Kier alpha value is -2.63. The van der Waals surface area contributed by atoms with Crippen molar-refractivity contribution in [1.29, 1.82) is 0 Å². The van der Waals surface area contributed by atoms with Crippen LogP contribution in [0.5, 0.6) is 5.75 Å². The molecule has 1 heterocycles. The van der Waals surface area contributed by atoms with Gasteiger partial charge in [-0.15, -0.1) is 0 Å². The number of allylic oxidation sites excluding steroid dienone is 1. The van der Waals surface area contributed by atoms with Gasteiger partial charge in [0.15, 0.2) is 6.61 Å². The van der Waals surface area contributed by atoms with Crippen molar-refractivity contribution in [3.8, 4) is 5.75 Å². The third-order valence-corrected chi connectivity index (χ3v) is 6.55. The van der Waals surface area contributed by atoms with Crippen LogP contribution >= 0.6 is 11.6 Å². The molecule has 1 N–H and O–H groups in total. The molecule has 0 saturated heterocycles. The van der Waals surface area contributed by atoms with Gasteiger partial charge in [-0.3, -0.25) is 4.99 Å². The highest BCUT2D eigenvalue weighted by atomic mass is 35.5. The van der Waals surface area contributed by atoms with Gasteiger partial charge in [0.25, 0.3) is 0 Å². The van der Waals surface area contributed by atoms with Crippen LogP contribution in [0.4, 0.5) is 0 Å². The molecule has 4 rings (SSSR count). The fraction of sp³-hybridized carbons (Fsp3) is 0.385. The van der Waals surface area contributed by atoms with Gasteiger partial charge in [0.2, 0.25) is 0 Å². The first kappa shape index (κ1) is 22.6. The number of fused-ring (bicyclic) bond motifs is 1. The molecule has 0 fully saturated rings. The Morgan fingerprint density at radius 3 is 2.91 bits per heavy atom. The molecule has 0 aromatic heterocycles. The van der Waals surface area contributed by atoms with Gasteiger partial charge >= 0.3 is 5.97 Å². The second kappa shape index (κ2) is 9.88. The number of aliphatic hydroxyl groups is 1. The van der Waals surface area contributed by atoms with Gasteiger partial charge in [0.1, 0.15) is 5.75 Å². The number of esters is 1. The predicted octanol–water partition coefficient (Wildman–Crippen LogP) is 4.89. The molecule has 0 spiro atoms. The van der Waals surface area contributed by atoms with Crippen molar-refractivity contribution in [3.05, 3.63) is 76.3 Å². The van der Waals surface area contributed by atoms with Crippen molar-refractivity contribution < 1.29 is 19.4 Å². The first-order valence-electron chi connectivity index (χ1n) is 11.1. The van der Waals surface area contributed by atoms with Gasteiger partial charge in [-0.2, -0.15) is 0 Å². The predicted molar refractivity (Wildman–Crippen MR) is 125 cm³/mol. The summed E-state index contributed by atoms with van der Waals surface area (Å²) in [5, 5.41) is 11.6. The average Bonchev–Trinajstić information content (AvgIpc) is 3.27. The Bertz CT molecular complexity index is 1020. The zero-order chi connectivity index (χ0) is 22.6. The van der Waals surface area contributed by atoms with Crippen molar-refractivity contribution in [3.63, 3.8) is 0 Å². The lowest BCUT2D eigenvalue weighted by Gasteiger charge is -2.38. The minimum atomic E-state index is -0.658. The van der Waals surface area contributed by atoms with E-state index < -0.39 is 11.6 Å². The molecule has 2 aromatic rings. The Labute approximate surface area is 193 Å². The van der Waals surface area contributed by atoms with Crippen molar-refractivity contribution in [2.75, 3.05) is 13.2 Å². The van der Waals surface area contributed by atoms with E-state index in [-0.39, 0.29) is 18.5 Å². The SMILES string of the molecule is CCOC(=O)COc1ccc2c(c1)CC(C1(CC(O)c3cccc(Cl)c3)C=CC=N1)CC2. The minimum absolute atomic E-state index is 0.0984. The van der Waals surface area contributed by atoms with E-state index in [2.05, 4.69) is 12.1 Å². The third-order valence-electron chi connectivity index (χ3n) is 6.31. The summed E-state index contributed by atoms with van der Waals surface area (Å²) in [5.41, 5.74) is 2.84. The number of aryl methyl sites for hydroxylation is 1. The number of aliphatic hydroxyl groups excluding tert-OH is 1. The monoisotopic (exact) mass is 453 g/mol. The third kappa shape index (κ3) is 5.05. The molecule has 2 aliphatic rings. The van der Waals surface area contributed by atoms with Gasteiger partial charge in [-0.25, -0.2) is 4.79 Å². The highest BCUT2D eigenvalue weighted by Gasteiger charge is 2.41. The highest BCUT2D eigenvalue weighted by Crippen LogP contribution is 2.43. The summed E-state index contributed by atoms with van der Waals surface area (Å²) in [7, 11) is 0. The average molecular weight is 454 g/mol. The molecule has 3 unspecified atom stereocenters. The smallest absolute Gasteiger partial charge is 0.344 e. The molecule has 32 heavy (non-hydrogen) atoms. The molecular weight excluding hydrogens is 426 g/mol. The van der Waals surface area contributed by atoms with E-state index in [4.69, 9.17) is 26.1 Å². The zero-order valence-corrected chi connectivity index (χ0v) is 18.9. The number of halogens is 1. The highest BCUT2D eigenvalue weighted by molar-refractivity contribution is 6.30. The van der Waals surface area contributed by atoms with Gasteiger partial charge < -0.3 is 14.6 Å². The number of ether oxygens (including phenoxy) is 2. The Morgan fingerprint density at radius 2 is 2.16 bits per heavy atom. The van der Waals surface area contributed by atoms with E-state index in [0.717, 1.165) is 24.8 Å². The lowest BCUT2D eigenvalue weighted by atomic mass is 9.70. The van der Waals surface area contributed by atoms with E-state index in [9.17, 15) is 9.90 Å². The fourth-order valence-electron chi connectivity index (χ4n) is 4.70. The molecule has 2 aromatic carbocycles. The quantitative estimate of drug-likeness (QED) is 0.578.